The number of nitrogens with one attached hydrogen (secondary N) is 1. The van der Waals surface area contributed by atoms with Crippen LogP contribution in [0.3, 0.4) is 0 Å². The molecule has 1 saturated heterocycles. The summed E-state index contributed by atoms with van der Waals surface area (Å²) in [6.45, 7) is 0. The number of methoxy groups -OCH3 is 1. The van der Waals surface area contributed by atoms with E-state index in [-0.39, 0.29) is 0 Å². The second-order valence-corrected chi connectivity index (χ2v) is 4.97. The zero-order chi connectivity index (χ0) is 12.3. The summed E-state index contributed by atoms with van der Waals surface area (Å²) >= 11 is 1.97. The van der Waals surface area contributed by atoms with Crippen LogP contribution in [0.25, 0.3) is 0 Å². The van der Waals surface area contributed by atoms with Crippen LogP contribution in [-0.4, -0.2) is 53.7 Å². The van der Waals surface area contributed by atoms with Crippen molar-refractivity contribution in [2.24, 2.45) is 0 Å². The van der Waals surface area contributed by atoms with E-state index < -0.39 is 0 Å². The van der Waals surface area contributed by atoms with Crippen molar-refractivity contribution in [1.29, 1.82) is 0 Å². The van der Waals surface area contributed by atoms with E-state index in [1.165, 1.54) is 12.2 Å². The van der Waals surface area contributed by atoms with E-state index >= 15 is 0 Å². The van der Waals surface area contributed by atoms with Crippen molar-refractivity contribution in [1.82, 2.24) is 15.0 Å². The number of anilines is 2. The Morgan fingerprint density at radius 2 is 2.24 bits per heavy atom. The van der Waals surface area contributed by atoms with E-state index in [0.29, 0.717) is 23.9 Å². The Morgan fingerprint density at radius 3 is 2.82 bits per heavy atom. The molecule has 1 unspecified atom stereocenters. The first-order valence-corrected chi connectivity index (χ1v) is 6.68. The zero-order valence-electron chi connectivity index (χ0n) is 10.3. The van der Waals surface area contributed by atoms with Crippen molar-refractivity contribution in [3.63, 3.8) is 0 Å². The number of rotatable bonds is 4. The van der Waals surface area contributed by atoms with Crippen LogP contribution in [0.5, 0.6) is 6.01 Å². The molecule has 0 aromatic carbocycles. The molecule has 0 bridgehead atoms. The Bertz CT molecular complexity index is 361. The average Bonchev–Trinajstić information content (AvgIpc) is 2.91. The predicted octanol–water partition coefficient (Wildman–Crippen LogP) is 0.864. The highest BCUT2D eigenvalue weighted by molar-refractivity contribution is 7.99. The van der Waals surface area contributed by atoms with Gasteiger partial charge in [-0.25, -0.2) is 0 Å². The van der Waals surface area contributed by atoms with E-state index in [2.05, 4.69) is 25.2 Å². The smallest absolute Gasteiger partial charge is 0.322 e. The van der Waals surface area contributed by atoms with E-state index in [4.69, 9.17) is 4.74 Å². The first kappa shape index (κ1) is 12.2. The molecule has 17 heavy (non-hydrogen) atoms. The number of thioether (sulfide) groups is 1. The topological polar surface area (TPSA) is 63.2 Å². The molecule has 6 nitrogen and oxygen atoms in total. The van der Waals surface area contributed by atoms with Gasteiger partial charge >= 0.3 is 6.01 Å². The minimum absolute atomic E-state index is 0.344. The lowest BCUT2D eigenvalue weighted by atomic mass is 10.2. The normalized spacial score (nSPS) is 19.1. The van der Waals surface area contributed by atoms with E-state index in [1.54, 1.807) is 14.2 Å². The molecule has 1 atom stereocenters. The Labute approximate surface area is 105 Å². The summed E-state index contributed by atoms with van der Waals surface area (Å²) in [4.78, 5) is 14.8. The molecule has 0 amide bonds. The van der Waals surface area contributed by atoms with Crippen LogP contribution in [-0.2, 0) is 0 Å². The van der Waals surface area contributed by atoms with Gasteiger partial charge in [-0.15, -0.1) is 0 Å². The summed E-state index contributed by atoms with van der Waals surface area (Å²) < 4.78 is 5.08. The molecule has 94 valence electrons. The Kier molecular flexibility index (Phi) is 3.88. The lowest BCUT2D eigenvalue weighted by molar-refractivity contribution is 0.378. The number of nitrogens with zero attached hydrogens (tertiary/aromatic N) is 4. The fourth-order valence-electron chi connectivity index (χ4n) is 1.70. The minimum Gasteiger partial charge on any atom is -0.467 e. The second kappa shape index (κ2) is 5.39. The molecule has 1 fully saturated rings. The number of ether oxygens (including phenoxy) is 1. The van der Waals surface area contributed by atoms with Crippen LogP contribution in [0.2, 0.25) is 0 Å². The molecule has 0 saturated carbocycles. The molecular weight excluding hydrogens is 238 g/mol. The van der Waals surface area contributed by atoms with Crippen molar-refractivity contribution in [2.75, 3.05) is 42.9 Å². The maximum atomic E-state index is 5.08. The zero-order valence-corrected chi connectivity index (χ0v) is 11.1. The van der Waals surface area contributed by atoms with Gasteiger partial charge in [0.1, 0.15) is 0 Å². The van der Waals surface area contributed by atoms with Crippen LogP contribution in [0, 0.1) is 0 Å². The Balaban J connectivity index is 2.23. The summed E-state index contributed by atoms with van der Waals surface area (Å²) in [5.41, 5.74) is 0. The summed E-state index contributed by atoms with van der Waals surface area (Å²) in [5.74, 6) is 3.52. The van der Waals surface area contributed by atoms with Crippen molar-refractivity contribution in [3.8, 4) is 6.01 Å². The van der Waals surface area contributed by atoms with Crippen molar-refractivity contribution in [2.45, 2.75) is 12.5 Å². The lowest BCUT2D eigenvalue weighted by Crippen LogP contribution is -2.33. The number of hydrogen-bond donors (Lipinski definition) is 1. The lowest BCUT2D eigenvalue weighted by Gasteiger charge is -2.23. The van der Waals surface area contributed by atoms with Gasteiger partial charge in [0.05, 0.1) is 7.11 Å². The minimum atomic E-state index is 0.344. The van der Waals surface area contributed by atoms with Crippen molar-refractivity contribution in [3.05, 3.63) is 0 Å². The molecule has 2 heterocycles. The summed E-state index contributed by atoms with van der Waals surface area (Å²) in [6, 6.07) is 0.841. The van der Waals surface area contributed by atoms with Gasteiger partial charge in [0.15, 0.2) is 0 Å². The highest BCUT2D eigenvalue weighted by atomic mass is 32.2. The van der Waals surface area contributed by atoms with Gasteiger partial charge < -0.3 is 15.0 Å². The number of aromatic nitrogens is 3. The van der Waals surface area contributed by atoms with Crippen LogP contribution < -0.4 is 15.0 Å². The third kappa shape index (κ3) is 2.71. The van der Waals surface area contributed by atoms with Crippen LogP contribution >= 0.6 is 11.8 Å². The molecule has 2 rings (SSSR count). The fourth-order valence-corrected chi connectivity index (χ4v) is 2.97. The predicted molar refractivity (Wildman–Crippen MR) is 70.1 cm³/mol. The summed E-state index contributed by atoms with van der Waals surface area (Å²) in [6.07, 6.45) is 1.17. The maximum absolute atomic E-state index is 5.08. The third-order valence-corrected chi connectivity index (χ3v) is 3.92. The molecule has 0 aliphatic carbocycles. The Hall–Kier alpha value is -1.24. The highest BCUT2D eigenvalue weighted by Gasteiger charge is 2.23. The van der Waals surface area contributed by atoms with Crippen molar-refractivity contribution >= 4 is 23.7 Å². The van der Waals surface area contributed by atoms with E-state index in [0.717, 1.165) is 5.75 Å². The van der Waals surface area contributed by atoms with Gasteiger partial charge in [-0.3, -0.25) is 0 Å². The van der Waals surface area contributed by atoms with Gasteiger partial charge in [-0.2, -0.15) is 26.7 Å². The molecule has 0 radical (unpaired) electrons. The van der Waals surface area contributed by atoms with Crippen LogP contribution in [0.15, 0.2) is 0 Å². The van der Waals surface area contributed by atoms with Gasteiger partial charge in [-0.05, 0) is 12.2 Å². The molecule has 1 aromatic heterocycles. The second-order valence-electron chi connectivity index (χ2n) is 3.82. The van der Waals surface area contributed by atoms with Crippen LogP contribution in [0.4, 0.5) is 11.9 Å². The SMILES string of the molecule is CNc1nc(OC)nc(N(C)C2CCSC2)n1. The number of hydrogen-bond acceptors (Lipinski definition) is 7. The monoisotopic (exact) mass is 255 g/mol. The largest absolute Gasteiger partial charge is 0.467 e. The molecule has 1 aliphatic rings. The van der Waals surface area contributed by atoms with Crippen LogP contribution in [0.1, 0.15) is 6.42 Å². The van der Waals surface area contributed by atoms with Gasteiger partial charge in [0.25, 0.3) is 0 Å². The molecule has 1 N–H and O–H groups in total. The van der Waals surface area contributed by atoms with Gasteiger partial charge in [0, 0.05) is 25.9 Å². The standard InChI is InChI=1S/C10H17N5OS/c1-11-8-12-9(14-10(13-8)16-3)15(2)7-4-5-17-6-7/h7H,4-6H2,1-3H3,(H,11,12,13,14). The Morgan fingerprint density at radius 1 is 1.41 bits per heavy atom. The van der Waals surface area contributed by atoms with Gasteiger partial charge in [-0.1, -0.05) is 0 Å². The highest BCUT2D eigenvalue weighted by Crippen LogP contribution is 2.24. The third-order valence-electron chi connectivity index (χ3n) is 2.78. The fraction of sp³-hybridized carbons (Fsp3) is 0.700. The molecular formula is C10H17N5OS. The van der Waals surface area contributed by atoms with E-state index in [9.17, 15) is 0 Å². The molecule has 1 aromatic rings. The molecule has 0 spiro atoms. The van der Waals surface area contributed by atoms with Gasteiger partial charge in [0.2, 0.25) is 11.9 Å². The first-order valence-electron chi connectivity index (χ1n) is 5.53. The first-order chi connectivity index (χ1) is 8.24. The molecule has 7 heteroatoms. The average molecular weight is 255 g/mol. The quantitative estimate of drug-likeness (QED) is 0.856. The maximum Gasteiger partial charge on any atom is 0.322 e. The summed E-state index contributed by atoms with van der Waals surface area (Å²) in [7, 11) is 5.36. The molecule has 1 aliphatic heterocycles. The summed E-state index contributed by atoms with van der Waals surface area (Å²) in [5, 5.41) is 2.91. The van der Waals surface area contributed by atoms with Crippen molar-refractivity contribution < 1.29 is 4.74 Å². The van der Waals surface area contributed by atoms with E-state index in [1.807, 2.05) is 18.8 Å².